The van der Waals surface area contributed by atoms with Gasteiger partial charge in [0.15, 0.2) is 0 Å². The van der Waals surface area contributed by atoms with Crippen molar-refractivity contribution >= 4 is 34.0 Å². The Morgan fingerprint density at radius 1 is 1.07 bits per heavy atom. The van der Waals surface area contributed by atoms with E-state index in [9.17, 15) is 12.8 Å². The zero-order chi connectivity index (χ0) is 19.4. The van der Waals surface area contributed by atoms with E-state index in [4.69, 9.17) is 21.2 Å². The number of hydrogen-bond donors (Lipinski definition) is 2. The molecule has 2 aromatic carbocycles. The first kappa shape index (κ1) is 22.4. The smallest absolute Gasteiger partial charge is 0.238 e. The molecule has 0 aliphatic carbocycles. The lowest BCUT2D eigenvalue weighted by atomic mass is 10.1. The Morgan fingerprint density at radius 2 is 1.79 bits per heavy atom. The highest BCUT2D eigenvalue weighted by Gasteiger charge is 2.08. The van der Waals surface area contributed by atoms with Gasteiger partial charge in [-0.1, -0.05) is 23.7 Å². The van der Waals surface area contributed by atoms with Gasteiger partial charge in [0.1, 0.15) is 17.3 Å². The van der Waals surface area contributed by atoms with Gasteiger partial charge in [-0.25, -0.2) is 17.9 Å². The summed E-state index contributed by atoms with van der Waals surface area (Å²) in [5, 5.41) is 8.39. The second kappa shape index (κ2) is 9.54. The van der Waals surface area contributed by atoms with Gasteiger partial charge in [0.05, 0.1) is 16.5 Å². The molecule has 9 heteroatoms. The molecule has 0 atom stereocenters. The van der Waals surface area contributed by atoms with Crippen molar-refractivity contribution < 1.29 is 17.2 Å². The third-order valence-corrected chi connectivity index (χ3v) is 5.23. The molecular formula is C19H19Cl2FN2O3S. The Balaban J connectivity index is 0.00000280. The summed E-state index contributed by atoms with van der Waals surface area (Å²) in [5.74, 6) is 0.897. The lowest BCUT2D eigenvalue weighted by Crippen LogP contribution is -2.16. The summed E-state index contributed by atoms with van der Waals surface area (Å²) in [6, 6.07) is 14.6. The number of nitrogens with one attached hydrogen (secondary N) is 1. The van der Waals surface area contributed by atoms with Crippen LogP contribution in [0.15, 0.2) is 63.9 Å². The first-order chi connectivity index (χ1) is 12.8. The molecule has 3 N–H and O–H groups in total. The van der Waals surface area contributed by atoms with Crippen molar-refractivity contribution in [2.24, 2.45) is 5.14 Å². The summed E-state index contributed by atoms with van der Waals surface area (Å²) in [4.78, 5) is 0.100. The topological polar surface area (TPSA) is 85.3 Å². The number of halogens is 3. The van der Waals surface area contributed by atoms with Gasteiger partial charge in [-0.05, 0) is 61.0 Å². The normalized spacial score (nSPS) is 11.2. The third-order valence-electron chi connectivity index (χ3n) is 4.01. The summed E-state index contributed by atoms with van der Waals surface area (Å²) in [6.45, 7) is 1.22. The molecule has 0 aliphatic heterocycles. The highest BCUT2D eigenvalue weighted by molar-refractivity contribution is 7.89. The first-order valence-corrected chi connectivity index (χ1v) is 10.1. The molecule has 3 rings (SSSR count). The van der Waals surface area contributed by atoms with Crippen molar-refractivity contribution in [3.8, 4) is 11.3 Å². The van der Waals surface area contributed by atoms with Crippen LogP contribution in [-0.4, -0.2) is 15.0 Å². The van der Waals surface area contributed by atoms with Crippen molar-refractivity contribution in [1.29, 1.82) is 0 Å². The maximum Gasteiger partial charge on any atom is 0.238 e. The molecule has 0 unspecified atom stereocenters. The molecule has 0 radical (unpaired) electrons. The van der Waals surface area contributed by atoms with E-state index in [0.717, 1.165) is 17.7 Å². The van der Waals surface area contributed by atoms with Crippen LogP contribution in [0.25, 0.3) is 11.3 Å². The highest BCUT2D eigenvalue weighted by Crippen LogP contribution is 2.26. The SMILES string of the molecule is Cl.NS(=O)(=O)c1ccc(CCNCc2ccc(-c3ccc(F)c(Cl)c3)o2)cc1. The monoisotopic (exact) mass is 444 g/mol. The third kappa shape index (κ3) is 5.80. The van der Waals surface area contributed by atoms with Crippen LogP contribution in [0.2, 0.25) is 5.02 Å². The minimum absolute atomic E-state index is 0. The first-order valence-electron chi connectivity index (χ1n) is 8.19. The van der Waals surface area contributed by atoms with Crippen LogP contribution >= 0.6 is 24.0 Å². The molecule has 1 aromatic heterocycles. The summed E-state index contributed by atoms with van der Waals surface area (Å²) in [5.41, 5.74) is 1.71. The molecule has 0 fully saturated rings. The molecule has 3 aromatic rings. The minimum Gasteiger partial charge on any atom is -0.460 e. The fourth-order valence-corrected chi connectivity index (χ4v) is 3.26. The van der Waals surface area contributed by atoms with Gasteiger partial charge in [0, 0.05) is 5.56 Å². The standard InChI is InChI=1S/C19H18ClFN2O3S.ClH/c20-17-11-14(3-7-18(17)21)19-8-4-15(26-19)12-23-10-9-13-1-5-16(6-2-13)27(22,24)25;/h1-8,11,23H,9-10,12H2,(H2,22,24,25);1H. The summed E-state index contributed by atoms with van der Waals surface area (Å²) >= 11 is 5.80. The van der Waals surface area contributed by atoms with Crippen molar-refractivity contribution in [1.82, 2.24) is 5.32 Å². The second-order valence-corrected chi connectivity index (χ2v) is 7.98. The van der Waals surface area contributed by atoms with Crippen LogP contribution in [0.5, 0.6) is 0 Å². The number of sulfonamides is 1. The Morgan fingerprint density at radius 3 is 2.43 bits per heavy atom. The van der Waals surface area contributed by atoms with Gasteiger partial charge in [-0.15, -0.1) is 12.4 Å². The molecule has 1 heterocycles. The predicted molar refractivity (Wildman–Crippen MR) is 110 cm³/mol. The largest absolute Gasteiger partial charge is 0.460 e. The number of primary sulfonamides is 1. The van der Waals surface area contributed by atoms with E-state index < -0.39 is 15.8 Å². The molecule has 0 spiro atoms. The van der Waals surface area contributed by atoms with Crippen LogP contribution in [0.4, 0.5) is 4.39 Å². The zero-order valence-corrected chi connectivity index (χ0v) is 17.1. The van der Waals surface area contributed by atoms with Gasteiger partial charge >= 0.3 is 0 Å². The van der Waals surface area contributed by atoms with Crippen molar-refractivity contribution in [3.05, 3.63) is 76.8 Å². The van der Waals surface area contributed by atoms with Crippen LogP contribution in [0.3, 0.4) is 0 Å². The fourth-order valence-electron chi connectivity index (χ4n) is 2.57. The Bertz CT molecular complexity index is 1040. The molecule has 0 amide bonds. The molecule has 0 bridgehead atoms. The van der Waals surface area contributed by atoms with E-state index in [1.54, 1.807) is 18.2 Å². The van der Waals surface area contributed by atoms with Gasteiger partial charge in [0.25, 0.3) is 0 Å². The molecule has 28 heavy (non-hydrogen) atoms. The summed E-state index contributed by atoms with van der Waals surface area (Å²) in [6.07, 6.45) is 0.728. The Labute approximate surface area is 174 Å². The molecule has 0 saturated carbocycles. The number of hydrogen-bond acceptors (Lipinski definition) is 4. The van der Waals surface area contributed by atoms with E-state index in [2.05, 4.69) is 5.32 Å². The van der Waals surface area contributed by atoms with E-state index in [1.807, 2.05) is 12.1 Å². The van der Waals surface area contributed by atoms with Crippen molar-refractivity contribution in [2.45, 2.75) is 17.9 Å². The van der Waals surface area contributed by atoms with Gasteiger partial charge in [-0.3, -0.25) is 0 Å². The number of rotatable bonds is 7. The Kier molecular flexibility index (Phi) is 7.63. The highest BCUT2D eigenvalue weighted by atomic mass is 35.5. The molecule has 0 saturated heterocycles. The van der Waals surface area contributed by atoms with Crippen molar-refractivity contribution in [3.63, 3.8) is 0 Å². The minimum atomic E-state index is -3.66. The van der Waals surface area contributed by atoms with Gasteiger partial charge in [-0.2, -0.15) is 0 Å². The van der Waals surface area contributed by atoms with Gasteiger partial charge < -0.3 is 9.73 Å². The molecule has 5 nitrogen and oxygen atoms in total. The van der Waals surface area contributed by atoms with Gasteiger partial charge in [0.2, 0.25) is 10.0 Å². The maximum atomic E-state index is 13.2. The number of benzene rings is 2. The fraction of sp³-hybridized carbons (Fsp3) is 0.158. The lowest BCUT2D eigenvalue weighted by molar-refractivity contribution is 0.494. The number of furan rings is 1. The molecular weight excluding hydrogens is 426 g/mol. The van der Waals surface area contributed by atoms with E-state index in [1.165, 1.54) is 24.3 Å². The van der Waals surface area contributed by atoms with Crippen LogP contribution < -0.4 is 10.5 Å². The molecule has 0 aliphatic rings. The van der Waals surface area contributed by atoms with E-state index in [-0.39, 0.29) is 22.3 Å². The van der Waals surface area contributed by atoms with E-state index in [0.29, 0.717) is 24.4 Å². The average molecular weight is 445 g/mol. The van der Waals surface area contributed by atoms with Crippen LogP contribution in [0.1, 0.15) is 11.3 Å². The second-order valence-electron chi connectivity index (χ2n) is 6.01. The molecule has 150 valence electrons. The quantitative estimate of drug-likeness (QED) is 0.536. The lowest BCUT2D eigenvalue weighted by Gasteiger charge is -2.05. The van der Waals surface area contributed by atoms with Crippen LogP contribution in [0, 0.1) is 5.82 Å². The Hall–Kier alpha value is -1.90. The van der Waals surface area contributed by atoms with Crippen LogP contribution in [-0.2, 0) is 23.0 Å². The van der Waals surface area contributed by atoms with Crippen molar-refractivity contribution in [2.75, 3.05) is 6.54 Å². The predicted octanol–water partition coefficient (Wildman–Crippen LogP) is 4.14. The summed E-state index contributed by atoms with van der Waals surface area (Å²) in [7, 11) is -3.66. The van der Waals surface area contributed by atoms with E-state index >= 15 is 0 Å². The average Bonchev–Trinajstić information content (AvgIpc) is 3.10. The maximum absolute atomic E-state index is 13.2. The number of nitrogens with two attached hydrogens (primary N) is 1. The summed E-state index contributed by atoms with van der Waals surface area (Å²) < 4.78 is 41.4. The zero-order valence-electron chi connectivity index (χ0n) is 14.7.